The van der Waals surface area contributed by atoms with Crippen LogP contribution in [0.5, 0.6) is 0 Å². The summed E-state index contributed by atoms with van der Waals surface area (Å²) in [5, 5.41) is 3.44. The predicted octanol–water partition coefficient (Wildman–Crippen LogP) is 5.14. The van der Waals surface area contributed by atoms with Crippen molar-refractivity contribution in [3.63, 3.8) is 0 Å². The van der Waals surface area contributed by atoms with Crippen LogP contribution in [0, 0.1) is 0 Å². The molecule has 0 bridgehead atoms. The van der Waals surface area contributed by atoms with E-state index in [1.165, 1.54) is 18.4 Å². The van der Waals surface area contributed by atoms with E-state index in [0.717, 1.165) is 12.8 Å². The van der Waals surface area contributed by atoms with Gasteiger partial charge in [0.1, 0.15) is 5.69 Å². The lowest BCUT2D eigenvalue weighted by atomic mass is 10.1. The quantitative estimate of drug-likeness (QED) is 0.740. The minimum absolute atomic E-state index is 0. The number of hydrogen-bond donors (Lipinski definition) is 1. The van der Waals surface area contributed by atoms with Crippen molar-refractivity contribution in [2.24, 2.45) is 0 Å². The Morgan fingerprint density at radius 1 is 1.14 bits per heavy atom. The Morgan fingerprint density at radius 3 is 2.45 bits per heavy atom. The average molecular weight is 339 g/mol. The normalized spacial score (nSPS) is 9.91. The maximum atomic E-state index is 12.1. The number of rotatable bonds is 6. The number of halogens is 2. The second-order valence-electron chi connectivity index (χ2n) is 4.97. The van der Waals surface area contributed by atoms with Gasteiger partial charge in [0.2, 0.25) is 0 Å². The summed E-state index contributed by atoms with van der Waals surface area (Å²) in [6.45, 7) is 2.18. The van der Waals surface area contributed by atoms with Crippen LogP contribution in [0.3, 0.4) is 0 Å². The molecule has 1 heterocycles. The minimum atomic E-state index is -0.211. The van der Waals surface area contributed by atoms with E-state index in [1.807, 2.05) is 6.07 Å². The smallest absolute Gasteiger partial charge is 0.274 e. The van der Waals surface area contributed by atoms with Crippen LogP contribution in [0.25, 0.3) is 0 Å². The highest BCUT2D eigenvalue weighted by atomic mass is 35.5. The number of carbonyl (C=O) groups is 1. The first-order valence-electron chi connectivity index (χ1n) is 7.21. The lowest BCUT2D eigenvalue weighted by molar-refractivity contribution is 0.102. The van der Waals surface area contributed by atoms with E-state index in [0.29, 0.717) is 16.4 Å². The summed E-state index contributed by atoms with van der Waals surface area (Å²) in [5.74, 6) is -0.211. The number of pyridine rings is 1. The van der Waals surface area contributed by atoms with Crippen LogP contribution < -0.4 is 5.32 Å². The second kappa shape index (κ2) is 9.44. The van der Waals surface area contributed by atoms with Crippen LogP contribution >= 0.6 is 24.0 Å². The van der Waals surface area contributed by atoms with Gasteiger partial charge in [0.25, 0.3) is 5.91 Å². The van der Waals surface area contributed by atoms with Crippen LogP contribution in [0.1, 0.15) is 42.2 Å². The van der Waals surface area contributed by atoms with Gasteiger partial charge in [-0.2, -0.15) is 0 Å². The Kier molecular flexibility index (Phi) is 7.92. The van der Waals surface area contributed by atoms with Crippen LogP contribution in [-0.2, 0) is 6.42 Å². The van der Waals surface area contributed by atoms with Crippen LogP contribution in [0.4, 0.5) is 5.69 Å². The van der Waals surface area contributed by atoms with Crippen LogP contribution in [0.15, 0.2) is 42.6 Å². The summed E-state index contributed by atoms with van der Waals surface area (Å²) in [7, 11) is 0. The fraction of sp³-hybridized carbons (Fsp3) is 0.294. The Balaban J connectivity index is 0.00000242. The molecule has 0 aliphatic rings. The van der Waals surface area contributed by atoms with E-state index in [4.69, 9.17) is 11.6 Å². The molecule has 5 heteroatoms. The molecular weight excluding hydrogens is 319 g/mol. The molecule has 0 atom stereocenters. The molecule has 0 radical (unpaired) electrons. The molecule has 1 aromatic carbocycles. The van der Waals surface area contributed by atoms with E-state index < -0.39 is 0 Å². The summed E-state index contributed by atoms with van der Waals surface area (Å²) in [6, 6.07) is 10.7. The zero-order valence-electron chi connectivity index (χ0n) is 12.5. The van der Waals surface area contributed by atoms with Crippen molar-refractivity contribution < 1.29 is 4.79 Å². The zero-order chi connectivity index (χ0) is 15.1. The monoisotopic (exact) mass is 338 g/mol. The summed E-state index contributed by atoms with van der Waals surface area (Å²) >= 11 is 5.81. The third-order valence-electron chi connectivity index (χ3n) is 3.23. The summed E-state index contributed by atoms with van der Waals surface area (Å²) in [6.07, 6.45) is 6.38. The maximum absolute atomic E-state index is 12.1. The average Bonchev–Trinajstić information content (AvgIpc) is 2.50. The first-order valence-corrected chi connectivity index (χ1v) is 7.58. The van der Waals surface area contributed by atoms with Gasteiger partial charge in [-0.1, -0.05) is 37.4 Å². The molecule has 0 saturated carbocycles. The highest BCUT2D eigenvalue weighted by Gasteiger charge is 2.07. The first-order chi connectivity index (χ1) is 10.2. The van der Waals surface area contributed by atoms with Gasteiger partial charge < -0.3 is 5.32 Å². The van der Waals surface area contributed by atoms with E-state index in [1.54, 1.807) is 36.5 Å². The molecule has 0 saturated heterocycles. The molecular formula is C17H20Cl2N2O. The first kappa shape index (κ1) is 18.5. The number of benzene rings is 1. The molecule has 22 heavy (non-hydrogen) atoms. The number of aryl methyl sites for hydroxylation is 1. The lowest BCUT2D eigenvalue weighted by Gasteiger charge is -2.06. The van der Waals surface area contributed by atoms with Crippen molar-refractivity contribution in [3.05, 3.63) is 58.9 Å². The molecule has 0 aliphatic heterocycles. The van der Waals surface area contributed by atoms with Crippen molar-refractivity contribution in [3.8, 4) is 0 Å². The van der Waals surface area contributed by atoms with Crippen molar-refractivity contribution in [2.75, 3.05) is 5.32 Å². The van der Waals surface area contributed by atoms with Gasteiger partial charge in [0.05, 0.1) is 0 Å². The van der Waals surface area contributed by atoms with Crippen LogP contribution in [0.2, 0.25) is 5.02 Å². The van der Waals surface area contributed by atoms with Gasteiger partial charge in [-0.15, -0.1) is 12.4 Å². The van der Waals surface area contributed by atoms with Crippen molar-refractivity contribution in [2.45, 2.75) is 32.6 Å². The van der Waals surface area contributed by atoms with Gasteiger partial charge in [0.15, 0.2) is 0 Å². The minimum Gasteiger partial charge on any atom is -0.321 e. The third kappa shape index (κ3) is 5.66. The predicted molar refractivity (Wildman–Crippen MR) is 94.1 cm³/mol. The van der Waals surface area contributed by atoms with Gasteiger partial charge in [-0.25, -0.2) is 0 Å². The van der Waals surface area contributed by atoms with E-state index >= 15 is 0 Å². The van der Waals surface area contributed by atoms with Gasteiger partial charge in [-0.05, 0) is 48.7 Å². The maximum Gasteiger partial charge on any atom is 0.274 e. The van der Waals surface area contributed by atoms with Gasteiger partial charge >= 0.3 is 0 Å². The van der Waals surface area contributed by atoms with Crippen LogP contribution in [-0.4, -0.2) is 10.9 Å². The Morgan fingerprint density at radius 2 is 1.86 bits per heavy atom. The zero-order valence-corrected chi connectivity index (χ0v) is 14.1. The topological polar surface area (TPSA) is 42.0 Å². The number of nitrogens with one attached hydrogen (secondary N) is 1. The molecule has 0 aliphatic carbocycles. The summed E-state index contributed by atoms with van der Waals surface area (Å²) in [5.41, 5.74) is 2.30. The number of anilines is 1. The van der Waals surface area contributed by atoms with E-state index in [2.05, 4.69) is 17.2 Å². The fourth-order valence-corrected chi connectivity index (χ4v) is 2.14. The van der Waals surface area contributed by atoms with Gasteiger partial charge in [-0.3, -0.25) is 9.78 Å². The molecule has 2 aromatic rings. The molecule has 2 rings (SSSR count). The lowest BCUT2D eigenvalue weighted by Crippen LogP contribution is -2.13. The number of unbranched alkanes of at least 4 members (excludes halogenated alkanes) is 2. The number of carbonyl (C=O) groups excluding carboxylic acids is 1. The van der Waals surface area contributed by atoms with Crippen molar-refractivity contribution in [1.82, 2.24) is 4.98 Å². The number of aromatic nitrogens is 1. The molecule has 1 N–H and O–H groups in total. The molecule has 3 nitrogen and oxygen atoms in total. The summed E-state index contributed by atoms with van der Waals surface area (Å²) < 4.78 is 0. The standard InChI is InChI=1S/C17H19ClN2O.ClH/c1-2-3-4-5-13-6-11-16(19-12-13)17(21)20-15-9-7-14(18)8-10-15;/h6-12H,2-5H2,1H3,(H,20,21);1H. The molecule has 1 aromatic heterocycles. The molecule has 0 fully saturated rings. The second-order valence-corrected chi connectivity index (χ2v) is 5.41. The molecule has 118 valence electrons. The fourth-order valence-electron chi connectivity index (χ4n) is 2.01. The largest absolute Gasteiger partial charge is 0.321 e. The highest BCUT2D eigenvalue weighted by Crippen LogP contribution is 2.14. The summed E-state index contributed by atoms with van der Waals surface area (Å²) in [4.78, 5) is 16.3. The molecule has 0 unspecified atom stereocenters. The molecule has 0 spiro atoms. The number of amides is 1. The van der Waals surface area contributed by atoms with E-state index in [-0.39, 0.29) is 18.3 Å². The molecule has 1 amide bonds. The SMILES string of the molecule is CCCCCc1ccc(C(=O)Nc2ccc(Cl)cc2)nc1.Cl. The number of nitrogens with zero attached hydrogens (tertiary/aromatic N) is 1. The Labute approximate surface area is 142 Å². The Hall–Kier alpha value is -1.58. The third-order valence-corrected chi connectivity index (χ3v) is 3.48. The van der Waals surface area contributed by atoms with Gasteiger partial charge in [0, 0.05) is 16.9 Å². The number of hydrogen-bond acceptors (Lipinski definition) is 2. The van der Waals surface area contributed by atoms with Crippen molar-refractivity contribution >= 4 is 35.6 Å². The Bertz CT molecular complexity index is 583. The van der Waals surface area contributed by atoms with Crippen molar-refractivity contribution in [1.29, 1.82) is 0 Å². The van der Waals surface area contributed by atoms with E-state index in [9.17, 15) is 4.79 Å². The highest BCUT2D eigenvalue weighted by molar-refractivity contribution is 6.30.